The first-order chi connectivity index (χ1) is 8.11. The van der Waals surface area contributed by atoms with E-state index >= 15 is 0 Å². The zero-order valence-electron chi connectivity index (χ0n) is 10.4. The van der Waals surface area contributed by atoms with Crippen molar-refractivity contribution in [2.24, 2.45) is 11.8 Å². The monoisotopic (exact) mass is 315 g/mol. The van der Waals surface area contributed by atoms with Gasteiger partial charge in [0.15, 0.2) is 0 Å². The topological polar surface area (TPSA) is 3.24 Å². The van der Waals surface area contributed by atoms with E-state index in [4.69, 9.17) is 11.6 Å². The van der Waals surface area contributed by atoms with Crippen LogP contribution in [-0.4, -0.2) is 13.1 Å². The number of benzene rings is 1. The van der Waals surface area contributed by atoms with Crippen LogP contribution in [0, 0.1) is 11.8 Å². The van der Waals surface area contributed by atoms with E-state index in [-0.39, 0.29) is 0 Å². The maximum atomic E-state index is 6.02. The quantitative estimate of drug-likeness (QED) is 0.732. The van der Waals surface area contributed by atoms with Crippen LogP contribution in [-0.2, 0) is 5.88 Å². The molecule has 2 rings (SSSR count). The van der Waals surface area contributed by atoms with Crippen LogP contribution in [0.15, 0.2) is 22.7 Å². The van der Waals surface area contributed by atoms with Crippen molar-refractivity contribution in [3.63, 3.8) is 0 Å². The van der Waals surface area contributed by atoms with Gasteiger partial charge >= 0.3 is 0 Å². The third-order valence-corrected chi connectivity index (χ3v) is 4.48. The van der Waals surface area contributed by atoms with Crippen molar-refractivity contribution in [1.29, 1.82) is 0 Å². The molecule has 0 N–H and O–H groups in total. The number of anilines is 1. The van der Waals surface area contributed by atoms with Crippen molar-refractivity contribution in [3.8, 4) is 0 Å². The van der Waals surface area contributed by atoms with Crippen molar-refractivity contribution in [2.75, 3.05) is 18.0 Å². The van der Waals surface area contributed by atoms with E-state index in [9.17, 15) is 0 Å². The Morgan fingerprint density at radius 2 is 2.24 bits per heavy atom. The zero-order chi connectivity index (χ0) is 12.4. The molecule has 1 aliphatic heterocycles. The summed E-state index contributed by atoms with van der Waals surface area (Å²) < 4.78 is 1.13. The predicted molar refractivity (Wildman–Crippen MR) is 78.9 cm³/mol. The number of nitrogens with zero attached hydrogens (tertiary/aromatic N) is 1. The number of hydrogen-bond donors (Lipinski definition) is 0. The summed E-state index contributed by atoms with van der Waals surface area (Å²) in [5, 5.41) is 0. The molecular formula is C14H19BrClN. The van der Waals surface area contributed by atoms with Crippen molar-refractivity contribution in [2.45, 2.75) is 26.1 Å². The van der Waals surface area contributed by atoms with Gasteiger partial charge in [-0.3, -0.25) is 0 Å². The average molecular weight is 317 g/mol. The molecule has 1 aliphatic rings. The fourth-order valence-electron chi connectivity index (χ4n) is 2.49. The van der Waals surface area contributed by atoms with Gasteiger partial charge in [-0.15, -0.1) is 11.6 Å². The van der Waals surface area contributed by atoms with Crippen molar-refractivity contribution in [3.05, 3.63) is 28.2 Å². The molecule has 1 aromatic carbocycles. The summed E-state index contributed by atoms with van der Waals surface area (Å²) in [6.07, 6.45) is 1.30. The molecule has 1 saturated heterocycles. The average Bonchev–Trinajstić information content (AvgIpc) is 2.78. The minimum atomic E-state index is 0.589. The molecule has 1 aromatic rings. The summed E-state index contributed by atoms with van der Waals surface area (Å²) in [6.45, 7) is 6.95. The molecule has 1 unspecified atom stereocenters. The smallest absolute Gasteiger partial charge is 0.0494 e. The van der Waals surface area contributed by atoms with E-state index in [1.54, 1.807) is 0 Å². The molecule has 0 aliphatic carbocycles. The van der Waals surface area contributed by atoms with Crippen LogP contribution in [0.1, 0.15) is 25.8 Å². The second-order valence-corrected chi connectivity index (χ2v) is 6.33. The normalized spacial score (nSPS) is 20.3. The molecule has 1 atom stereocenters. The second-order valence-electron chi connectivity index (χ2n) is 5.15. The Morgan fingerprint density at radius 3 is 2.82 bits per heavy atom. The molecule has 0 spiro atoms. The van der Waals surface area contributed by atoms with E-state index < -0.39 is 0 Å². The molecule has 0 bridgehead atoms. The van der Waals surface area contributed by atoms with Crippen LogP contribution in [0.4, 0.5) is 5.69 Å². The van der Waals surface area contributed by atoms with E-state index in [1.807, 2.05) is 0 Å². The van der Waals surface area contributed by atoms with Gasteiger partial charge in [-0.1, -0.05) is 35.8 Å². The summed E-state index contributed by atoms with van der Waals surface area (Å²) in [5.74, 6) is 2.18. The zero-order valence-corrected chi connectivity index (χ0v) is 12.8. The highest BCUT2D eigenvalue weighted by Gasteiger charge is 2.26. The van der Waals surface area contributed by atoms with Crippen LogP contribution in [0.3, 0.4) is 0 Å². The van der Waals surface area contributed by atoms with Crippen LogP contribution < -0.4 is 4.90 Å². The van der Waals surface area contributed by atoms with E-state index in [0.29, 0.717) is 5.88 Å². The first-order valence-corrected chi connectivity index (χ1v) is 7.54. The maximum absolute atomic E-state index is 6.02. The van der Waals surface area contributed by atoms with Crippen molar-refractivity contribution in [1.82, 2.24) is 0 Å². The van der Waals surface area contributed by atoms with Crippen LogP contribution in [0.2, 0.25) is 0 Å². The van der Waals surface area contributed by atoms with Gasteiger partial charge in [-0.05, 0) is 36.0 Å². The van der Waals surface area contributed by atoms with Gasteiger partial charge in [-0.2, -0.15) is 0 Å². The van der Waals surface area contributed by atoms with Gasteiger partial charge in [0.05, 0.1) is 0 Å². The van der Waals surface area contributed by atoms with Gasteiger partial charge in [0, 0.05) is 29.1 Å². The fourth-order valence-corrected chi connectivity index (χ4v) is 3.07. The Hall–Kier alpha value is -0.210. The highest BCUT2D eigenvalue weighted by Crippen LogP contribution is 2.32. The molecule has 1 fully saturated rings. The van der Waals surface area contributed by atoms with Gasteiger partial charge in [0.2, 0.25) is 0 Å². The molecule has 94 valence electrons. The molecule has 0 amide bonds. The van der Waals surface area contributed by atoms with Crippen LogP contribution in [0.25, 0.3) is 0 Å². The molecule has 1 heterocycles. The van der Waals surface area contributed by atoms with Gasteiger partial charge in [0.25, 0.3) is 0 Å². The maximum Gasteiger partial charge on any atom is 0.0494 e. The molecule has 1 nitrogen and oxygen atoms in total. The molecule has 0 radical (unpaired) electrons. The summed E-state index contributed by atoms with van der Waals surface area (Å²) in [4.78, 5) is 2.48. The SMILES string of the molecule is CC(C)C1CCN(c2cc(Br)ccc2CCl)C1. The lowest BCUT2D eigenvalue weighted by atomic mass is 9.95. The van der Waals surface area contributed by atoms with E-state index in [0.717, 1.165) is 29.4 Å². The van der Waals surface area contributed by atoms with Crippen molar-refractivity contribution >= 4 is 33.2 Å². The summed E-state index contributed by atoms with van der Waals surface area (Å²) in [5.41, 5.74) is 2.54. The second kappa shape index (κ2) is 5.62. The first kappa shape index (κ1) is 13.2. The predicted octanol–water partition coefficient (Wildman–Crippen LogP) is 4.67. The van der Waals surface area contributed by atoms with Crippen LogP contribution >= 0.6 is 27.5 Å². The van der Waals surface area contributed by atoms with Gasteiger partial charge in [-0.25, -0.2) is 0 Å². The van der Waals surface area contributed by atoms with Crippen molar-refractivity contribution < 1.29 is 0 Å². The number of hydrogen-bond acceptors (Lipinski definition) is 1. The van der Waals surface area contributed by atoms with Gasteiger partial charge in [0.1, 0.15) is 0 Å². The Kier molecular flexibility index (Phi) is 4.37. The third kappa shape index (κ3) is 2.97. The lowest BCUT2D eigenvalue weighted by Gasteiger charge is -2.22. The molecule has 17 heavy (non-hydrogen) atoms. The number of halogens is 2. The largest absolute Gasteiger partial charge is 0.371 e. The highest BCUT2D eigenvalue weighted by atomic mass is 79.9. The molecular weight excluding hydrogens is 298 g/mol. The molecule has 0 aromatic heterocycles. The third-order valence-electron chi connectivity index (χ3n) is 3.70. The first-order valence-electron chi connectivity index (χ1n) is 6.21. The number of rotatable bonds is 3. The lowest BCUT2D eigenvalue weighted by Crippen LogP contribution is -2.22. The molecule has 3 heteroatoms. The van der Waals surface area contributed by atoms with Crippen LogP contribution in [0.5, 0.6) is 0 Å². The lowest BCUT2D eigenvalue weighted by molar-refractivity contribution is 0.422. The summed E-state index contributed by atoms with van der Waals surface area (Å²) in [7, 11) is 0. The Bertz CT molecular complexity index is 392. The Morgan fingerprint density at radius 1 is 1.47 bits per heavy atom. The Labute approximate surface area is 117 Å². The van der Waals surface area contributed by atoms with E-state index in [1.165, 1.54) is 17.7 Å². The summed E-state index contributed by atoms with van der Waals surface area (Å²) in [6, 6.07) is 6.38. The van der Waals surface area contributed by atoms with Gasteiger partial charge < -0.3 is 4.90 Å². The minimum Gasteiger partial charge on any atom is -0.371 e. The minimum absolute atomic E-state index is 0.589. The fraction of sp³-hybridized carbons (Fsp3) is 0.571. The Balaban J connectivity index is 2.20. The van der Waals surface area contributed by atoms with E-state index in [2.05, 4.69) is 52.9 Å². The molecule has 0 saturated carbocycles. The summed E-state index contributed by atoms with van der Waals surface area (Å²) >= 11 is 9.57. The standard InChI is InChI=1S/C14H19BrClN/c1-10(2)12-5-6-17(9-12)14-7-13(15)4-3-11(14)8-16/h3-4,7,10,12H,5-6,8-9H2,1-2H3. The number of alkyl halides is 1. The highest BCUT2D eigenvalue weighted by molar-refractivity contribution is 9.10.